The van der Waals surface area contributed by atoms with E-state index in [1.165, 1.54) is 6.07 Å². The van der Waals surface area contributed by atoms with Crippen molar-refractivity contribution in [2.45, 2.75) is 25.6 Å². The Labute approximate surface area is 221 Å². The second-order valence-electron chi connectivity index (χ2n) is 9.48. The van der Waals surface area contributed by atoms with Gasteiger partial charge in [0.2, 0.25) is 0 Å². The topological polar surface area (TPSA) is 80.3 Å². The molecule has 1 saturated heterocycles. The van der Waals surface area contributed by atoms with E-state index in [0.717, 1.165) is 21.7 Å². The number of benzene rings is 3. The third kappa shape index (κ3) is 4.69. The molecule has 6 nitrogen and oxygen atoms in total. The van der Waals surface area contributed by atoms with Crippen LogP contribution < -0.4 is 4.74 Å². The first-order valence-corrected chi connectivity index (χ1v) is 13.3. The lowest BCUT2D eigenvalue weighted by molar-refractivity contribution is -0.0958. The number of imidazole rings is 1. The van der Waals surface area contributed by atoms with E-state index >= 15 is 8.78 Å². The van der Waals surface area contributed by atoms with E-state index in [1.807, 2.05) is 48.7 Å². The summed E-state index contributed by atoms with van der Waals surface area (Å²) in [6.07, 6.45) is 1.90. The Morgan fingerprint density at radius 2 is 1.74 bits per heavy atom. The number of nitrogens with zero attached hydrogens (tertiary/aromatic N) is 2. The van der Waals surface area contributed by atoms with Gasteiger partial charge in [0, 0.05) is 23.2 Å². The standard InChI is InChI=1S/C29H25F2N3O3S/c1-16-12-21(15-36-24(16)14-35)37-29-33-23-13-22(30)25(26(31)27(23)34-29)19-6-2-17(3-7-19)18-4-8-20(9-5-18)28-32-10-11-38-28/h2-11,13,16,21,24,35H,12,14-15H2,1H3,(H,33,34)/t16-,21+,24+/m0/s1. The Morgan fingerprint density at radius 1 is 1.05 bits per heavy atom. The molecule has 0 amide bonds. The van der Waals surface area contributed by atoms with E-state index in [4.69, 9.17) is 9.47 Å². The van der Waals surface area contributed by atoms with Crippen LogP contribution in [0.4, 0.5) is 8.78 Å². The van der Waals surface area contributed by atoms with E-state index in [-0.39, 0.29) is 53.9 Å². The summed E-state index contributed by atoms with van der Waals surface area (Å²) < 4.78 is 42.1. The predicted octanol–water partition coefficient (Wildman–Crippen LogP) is 6.46. The first-order valence-electron chi connectivity index (χ1n) is 12.4. The Hall–Kier alpha value is -3.66. The zero-order valence-electron chi connectivity index (χ0n) is 20.5. The van der Waals surface area contributed by atoms with Crippen LogP contribution in [0.1, 0.15) is 13.3 Å². The van der Waals surface area contributed by atoms with Crippen LogP contribution in [0.15, 0.2) is 66.2 Å². The molecule has 1 fully saturated rings. The Morgan fingerprint density at radius 3 is 2.37 bits per heavy atom. The lowest BCUT2D eigenvalue weighted by Crippen LogP contribution is -2.40. The molecule has 0 saturated carbocycles. The number of fused-ring (bicyclic) bond motifs is 1. The van der Waals surface area contributed by atoms with Gasteiger partial charge >= 0.3 is 0 Å². The van der Waals surface area contributed by atoms with E-state index in [9.17, 15) is 5.11 Å². The van der Waals surface area contributed by atoms with Crippen LogP contribution in [0, 0.1) is 17.6 Å². The molecule has 0 aliphatic carbocycles. The Balaban J connectivity index is 1.23. The van der Waals surface area contributed by atoms with Gasteiger partial charge in [0.1, 0.15) is 22.4 Å². The second-order valence-corrected chi connectivity index (χ2v) is 10.4. The number of hydrogen-bond acceptors (Lipinski definition) is 6. The quantitative estimate of drug-likeness (QED) is 0.262. The maximum absolute atomic E-state index is 15.5. The molecule has 5 aromatic rings. The predicted molar refractivity (Wildman–Crippen MR) is 143 cm³/mol. The largest absolute Gasteiger partial charge is 0.459 e. The molecular weight excluding hydrogens is 508 g/mol. The fraction of sp³-hybridized carbons (Fsp3) is 0.241. The fourth-order valence-electron chi connectivity index (χ4n) is 4.88. The number of aliphatic hydroxyl groups is 1. The molecule has 0 spiro atoms. The maximum atomic E-state index is 15.5. The summed E-state index contributed by atoms with van der Waals surface area (Å²) in [5.41, 5.74) is 3.48. The highest BCUT2D eigenvalue weighted by atomic mass is 32.1. The van der Waals surface area contributed by atoms with Crippen molar-refractivity contribution < 1.29 is 23.4 Å². The number of H-pyrrole nitrogens is 1. The van der Waals surface area contributed by atoms with Gasteiger partial charge in [0.05, 0.1) is 30.4 Å². The molecule has 2 N–H and O–H groups in total. The number of rotatable bonds is 6. The van der Waals surface area contributed by atoms with Crippen LogP contribution in [0.25, 0.3) is 43.9 Å². The molecule has 0 bridgehead atoms. The van der Waals surface area contributed by atoms with Gasteiger partial charge in [-0.3, -0.25) is 0 Å². The second kappa shape index (κ2) is 10.2. The maximum Gasteiger partial charge on any atom is 0.295 e. The monoisotopic (exact) mass is 533 g/mol. The van der Waals surface area contributed by atoms with Crippen molar-refractivity contribution in [3.63, 3.8) is 0 Å². The molecule has 0 radical (unpaired) electrons. The number of aromatic nitrogens is 3. The highest BCUT2D eigenvalue weighted by molar-refractivity contribution is 7.13. The Kier molecular flexibility index (Phi) is 6.65. The summed E-state index contributed by atoms with van der Waals surface area (Å²) in [6.45, 7) is 2.21. The van der Waals surface area contributed by atoms with Crippen molar-refractivity contribution in [1.29, 1.82) is 0 Å². The minimum atomic E-state index is -0.750. The summed E-state index contributed by atoms with van der Waals surface area (Å²) in [4.78, 5) is 11.5. The van der Waals surface area contributed by atoms with Crippen LogP contribution in [-0.2, 0) is 4.74 Å². The highest BCUT2D eigenvalue weighted by Crippen LogP contribution is 2.34. The molecule has 6 rings (SSSR count). The molecule has 38 heavy (non-hydrogen) atoms. The van der Waals surface area contributed by atoms with Gasteiger partial charge in [-0.15, -0.1) is 11.3 Å². The van der Waals surface area contributed by atoms with Crippen molar-refractivity contribution in [3.8, 4) is 38.8 Å². The van der Waals surface area contributed by atoms with Gasteiger partial charge in [0.25, 0.3) is 6.01 Å². The summed E-state index contributed by atoms with van der Waals surface area (Å²) in [7, 11) is 0. The Bertz CT molecular complexity index is 1550. The third-order valence-corrected chi connectivity index (χ3v) is 7.76. The van der Waals surface area contributed by atoms with Gasteiger partial charge in [-0.1, -0.05) is 55.5 Å². The number of aliphatic hydroxyl groups excluding tert-OH is 1. The molecule has 3 heterocycles. The summed E-state index contributed by atoms with van der Waals surface area (Å²) in [5.74, 6) is -1.34. The molecule has 1 aliphatic rings. The van der Waals surface area contributed by atoms with E-state index < -0.39 is 11.6 Å². The fourth-order valence-corrected chi connectivity index (χ4v) is 5.53. The van der Waals surface area contributed by atoms with Gasteiger partial charge < -0.3 is 19.6 Å². The minimum Gasteiger partial charge on any atom is -0.459 e. The summed E-state index contributed by atoms with van der Waals surface area (Å²) in [6, 6.07) is 16.5. The number of halogens is 2. The lowest BCUT2D eigenvalue weighted by Gasteiger charge is -2.32. The molecule has 3 aromatic carbocycles. The number of thiazole rings is 1. The van der Waals surface area contributed by atoms with Crippen molar-refractivity contribution in [1.82, 2.24) is 15.0 Å². The molecule has 9 heteroatoms. The summed E-state index contributed by atoms with van der Waals surface area (Å²) in [5, 5.41) is 12.3. The minimum absolute atomic E-state index is 0.0104. The molecule has 3 atom stereocenters. The summed E-state index contributed by atoms with van der Waals surface area (Å²) >= 11 is 1.58. The molecule has 2 aromatic heterocycles. The van der Waals surface area contributed by atoms with Crippen LogP contribution in [-0.4, -0.2) is 45.5 Å². The van der Waals surface area contributed by atoms with Crippen molar-refractivity contribution in [2.75, 3.05) is 13.2 Å². The van der Waals surface area contributed by atoms with Crippen molar-refractivity contribution in [3.05, 3.63) is 77.8 Å². The van der Waals surface area contributed by atoms with E-state index in [0.29, 0.717) is 12.0 Å². The zero-order chi connectivity index (χ0) is 26.2. The van der Waals surface area contributed by atoms with Gasteiger partial charge in [-0.25, -0.2) is 13.8 Å². The molecule has 0 unspecified atom stereocenters. The average Bonchev–Trinajstić information content (AvgIpc) is 3.60. The van der Waals surface area contributed by atoms with Gasteiger partial charge in [-0.05, 0) is 29.0 Å². The van der Waals surface area contributed by atoms with Crippen LogP contribution in [0.5, 0.6) is 6.01 Å². The third-order valence-electron chi connectivity index (χ3n) is 6.94. The molecular formula is C29H25F2N3O3S. The van der Waals surface area contributed by atoms with Crippen molar-refractivity contribution >= 4 is 22.4 Å². The van der Waals surface area contributed by atoms with E-state index in [1.54, 1.807) is 29.7 Å². The van der Waals surface area contributed by atoms with Crippen LogP contribution in [0.2, 0.25) is 0 Å². The lowest BCUT2D eigenvalue weighted by atomic mass is 9.95. The first kappa shape index (κ1) is 24.7. The number of nitrogens with one attached hydrogen (secondary N) is 1. The molecule has 1 aliphatic heterocycles. The normalized spacial score (nSPS) is 19.6. The number of aromatic amines is 1. The number of hydrogen-bond donors (Lipinski definition) is 2. The number of ether oxygens (including phenoxy) is 2. The van der Waals surface area contributed by atoms with E-state index in [2.05, 4.69) is 15.0 Å². The van der Waals surface area contributed by atoms with Crippen LogP contribution >= 0.6 is 11.3 Å². The zero-order valence-corrected chi connectivity index (χ0v) is 21.3. The van der Waals surface area contributed by atoms with Crippen molar-refractivity contribution in [2.24, 2.45) is 5.92 Å². The smallest absolute Gasteiger partial charge is 0.295 e. The van der Waals surface area contributed by atoms with Gasteiger partial charge in [-0.2, -0.15) is 4.98 Å². The SMILES string of the molecule is C[C@H]1C[C@@H](Oc2nc3c(F)c(-c4ccc(-c5ccc(-c6nccs6)cc5)cc4)c(F)cc3[nH]2)CO[C@@H]1CO. The van der Waals surface area contributed by atoms with Crippen LogP contribution in [0.3, 0.4) is 0 Å². The molecule has 194 valence electrons. The van der Waals surface area contributed by atoms with Gasteiger partial charge in [0.15, 0.2) is 5.82 Å². The average molecular weight is 534 g/mol. The highest BCUT2D eigenvalue weighted by Gasteiger charge is 2.30. The first-order chi connectivity index (χ1) is 18.5.